The third-order valence-electron chi connectivity index (χ3n) is 3.95. The maximum absolute atomic E-state index is 2.36. The summed E-state index contributed by atoms with van der Waals surface area (Å²) < 4.78 is 0. The van der Waals surface area contributed by atoms with Crippen molar-refractivity contribution in [2.24, 2.45) is 0 Å². The molecule has 0 aliphatic carbocycles. The Hall–Kier alpha value is -0.780. The van der Waals surface area contributed by atoms with Crippen molar-refractivity contribution in [3.05, 3.63) is 34.9 Å². The van der Waals surface area contributed by atoms with E-state index >= 15 is 0 Å². The first-order valence-electron chi connectivity index (χ1n) is 6.94. The van der Waals surface area contributed by atoms with Crippen LogP contribution in [0.4, 0.5) is 0 Å². The summed E-state index contributed by atoms with van der Waals surface area (Å²) in [5, 5.41) is 0. The summed E-state index contributed by atoms with van der Waals surface area (Å²) in [7, 11) is 0. The maximum atomic E-state index is 2.36. The summed E-state index contributed by atoms with van der Waals surface area (Å²) >= 11 is 0. The second-order valence-corrected chi connectivity index (χ2v) is 6.36. The van der Waals surface area contributed by atoms with Gasteiger partial charge in [0.25, 0.3) is 0 Å². The molecular formula is C17H28. The van der Waals surface area contributed by atoms with Gasteiger partial charge in [-0.05, 0) is 40.4 Å². The Morgan fingerprint density at radius 2 is 1.59 bits per heavy atom. The Morgan fingerprint density at radius 3 is 2.00 bits per heavy atom. The van der Waals surface area contributed by atoms with Crippen LogP contribution in [0.25, 0.3) is 0 Å². The third kappa shape index (κ3) is 2.91. The van der Waals surface area contributed by atoms with Gasteiger partial charge in [-0.1, -0.05) is 66.7 Å². The van der Waals surface area contributed by atoms with Gasteiger partial charge < -0.3 is 0 Å². The second-order valence-electron chi connectivity index (χ2n) is 6.36. The van der Waals surface area contributed by atoms with E-state index in [1.165, 1.54) is 12.0 Å². The molecule has 0 aliphatic rings. The minimum Gasteiger partial charge on any atom is -0.0646 e. The summed E-state index contributed by atoms with van der Waals surface area (Å²) in [6.07, 6.45) is 1.19. The minimum atomic E-state index is 0.282. The SMILES string of the molecule is CCC(C)(C)c1cccc(C(C)C)c1C(C)C. The topological polar surface area (TPSA) is 0 Å². The lowest BCUT2D eigenvalue weighted by Crippen LogP contribution is -2.20. The van der Waals surface area contributed by atoms with Gasteiger partial charge in [-0.25, -0.2) is 0 Å². The summed E-state index contributed by atoms with van der Waals surface area (Å²) in [5.41, 5.74) is 4.93. The molecule has 1 aromatic rings. The van der Waals surface area contributed by atoms with Gasteiger partial charge in [-0.2, -0.15) is 0 Å². The van der Waals surface area contributed by atoms with Crippen LogP contribution in [0.5, 0.6) is 0 Å². The first-order chi connectivity index (χ1) is 7.81. The molecule has 0 saturated heterocycles. The lowest BCUT2D eigenvalue weighted by molar-refractivity contribution is 0.496. The smallest absolute Gasteiger partial charge is 0.0103 e. The molecule has 0 atom stereocenters. The fourth-order valence-electron chi connectivity index (χ4n) is 2.51. The van der Waals surface area contributed by atoms with E-state index < -0.39 is 0 Å². The molecule has 0 heteroatoms. The van der Waals surface area contributed by atoms with E-state index in [1.54, 1.807) is 11.1 Å². The first kappa shape index (κ1) is 14.3. The molecule has 0 nitrogen and oxygen atoms in total. The van der Waals surface area contributed by atoms with Crippen LogP contribution < -0.4 is 0 Å². The summed E-state index contributed by atoms with van der Waals surface area (Å²) in [6.45, 7) is 16.2. The molecule has 0 bridgehead atoms. The fraction of sp³-hybridized carbons (Fsp3) is 0.647. The van der Waals surface area contributed by atoms with E-state index in [0.717, 1.165) is 0 Å². The zero-order valence-electron chi connectivity index (χ0n) is 12.6. The first-order valence-corrected chi connectivity index (χ1v) is 6.94. The standard InChI is InChI=1S/C17H28/c1-8-17(6,7)15-11-9-10-14(12(2)3)16(15)13(4)5/h9-13H,8H2,1-7H3. The van der Waals surface area contributed by atoms with Crippen LogP contribution in [0.3, 0.4) is 0 Å². The highest BCUT2D eigenvalue weighted by molar-refractivity contribution is 5.43. The summed E-state index contributed by atoms with van der Waals surface area (Å²) in [5.74, 6) is 1.22. The minimum absolute atomic E-state index is 0.282. The molecule has 0 fully saturated rings. The Morgan fingerprint density at radius 1 is 1.00 bits per heavy atom. The molecule has 0 unspecified atom stereocenters. The van der Waals surface area contributed by atoms with Crippen LogP contribution in [0.1, 0.15) is 83.4 Å². The van der Waals surface area contributed by atoms with Gasteiger partial charge in [0.05, 0.1) is 0 Å². The number of benzene rings is 1. The largest absolute Gasteiger partial charge is 0.0646 e. The molecule has 0 N–H and O–H groups in total. The van der Waals surface area contributed by atoms with E-state index in [0.29, 0.717) is 11.8 Å². The normalized spacial score (nSPS) is 12.5. The van der Waals surface area contributed by atoms with Crippen LogP contribution >= 0.6 is 0 Å². The average molecular weight is 232 g/mol. The second kappa shape index (κ2) is 5.25. The van der Waals surface area contributed by atoms with Crippen molar-refractivity contribution < 1.29 is 0 Å². The molecule has 0 radical (unpaired) electrons. The van der Waals surface area contributed by atoms with Crippen LogP contribution in [0.2, 0.25) is 0 Å². The predicted octanol–water partition coefficient (Wildman–Crippen LogP) is 5.62. The van der Waals surface area contributed by atoms with Gasteiger partial charge in [0.15, 0.2) is 0 Å². The van der Waals surface area contributed by atoms with Crippen LogP contribution in [-0.4, -0.2) is 0 Å². The van der Waals surface area contributed by atoms with Crippen LogP contribution in [-0.2, 0) is 5.41 Å². The molecule has 1 rings (SSSR count). The van der Waals surface area contributed by atoms with Crippen molar-refractivity contribution in [3.63, 3.8) is 0 Å². The van der Waals surface area contributed by atoms with Crippen molar-refractivity contribution in [1.29, 1.82) is 0 Å². The highest BCUT2D eigenvalue weighted by Crippen LogP contribution is 2.37. The molecule has 17 heavy (non-hydrogen) atoms. The van der Waals surface area contributed by atoms with Crippen LogP contribution in [0, 0.1) is 0 Å². The van der Waals surface area contributed by atoms with Gasteiger partial charge in [-0.3, -0.25) is 0 Å². The van der Waals surface area contributed by atoms with Gasteiger partial charge in [0, 0.05) is 0 Å². The van der Waals surface area contributed by atoms with Gasteiger partial charge in [0.2, 0.25) is 0 Å². The molecule has 0 saturated carbocycles. The molecule has 0 aromatic heterocycles. The summed E-state index contributed by atoms with van der Waals surface area (Å²) in [4.78, 5) is 0. The molecule has 1 aromatic carbocycles. The predicted molar refractivity (Wildman–Crippen MR) is 77.9 cm³/mol. The van der Waals surface area contributed by atoms with Gasteiger partial charge >= 0.3 is 0 Å². The lowest BCUT2D eigenvalue weighted by Gasteiger charge is -2.30. The fourth-order valence-corrected chi connectivity index (χ4v) is 2.51. The molecule has 0 heterocycles. The van der Waals surface area contributed by atoms with Crippen LogP contribution in [0.15, 0.2) is 18.2 Å². The number of rotatable bonds is 4. The summed E-state index contributed by atoms with van der Waals surface area (Å²) in [6, 6.07) is 6.86. The van der Waals surface area contributed by atoms with Crippen molar-refractivity contribution in [2.75, 3.05) is 0 Å². The van der Waals surface area contributed by atoms with Crippen molar-refractivity contribution >= 4 is 0 Å². The van der Waals surface area contributed by atoms with E-state index in [4.69, 9.17) is 0 Å². The van der Waals surface area contributed by atoms with E-state index in [2.05, 4.69) is 66.7 Å². The van der Waals surface area contributed by atoms with Crippen molar-refractivity contribution in [2.45, 2.75) is 72.1 Å². The number of hydrogen-bond donors (Lipinski definition) is 0. The molecule has 0 aliphatic heterocycles. The Labute approximate surface area is 107 Å². The van der Waals surface area contributed by atoms with E-state index in [9.17, 15) is 0 Å². The van der Waals surface area contributed by atoms with Gasteiger partial charge in [-0.15, -0.1) is 0 Å². The Balaban J connectivity index is 3.46. The average Bonchev–Trinajstić information content (AvgIpc) is 2.27. The lowest BCUT2D eigenvalue weighted by atomic mass is 9.74. The van der Waals surface area contributed by atoms with Gasteiger partial charge in [0.1, 0.15) is 0 Å². The van der Waals surface area contributed by atoms with Crippen molar-refractivity contribution in [3.8, 4) is 0 Å². The maximum Gasteiger partial charge on any atom is -0.0103 e. The molecule has 96 valence electrons. The third-order valence-corrected chi connectivity index (χ3v) is 3.95. The quantitative estimate of drug-likeness (QED) is 0.632. The monoisotopic (exact) mass is 232 g/mol. The molecule has 0 spiro atoms. The van der Waals surface area contributed by atoms with Crippen molar-refractivity contribution in [1.82, 2.24) is 0 Å². The molecular weight excluding hydrogens is 204 g/mol. The number of hydrogen-bond acceptors (Lipinski definition) is 0. The highest BCUT2D eigenvalue weighted by atomic mass is 14.3. The zero-order chi connectivity index (χ0) is 13.2. The van der Waals surface area contributed by atoms with E-state index in [1.807, 2.05) is 0 Å². The Bertz CT molecular complexity index is 370. The Kier molecular flexibility index (Phi) is 4.41. The highest BCUT2D eigenvalue weighted by Gasteiger charge is 2.24. The van der Waals surface area contributed by atoms with E-state index in [-0.39, 0.29) is 5.41 Å². The molecule has 0 amide bonds. The zero-order valence-corrected chi connectivity index (χ0v) is 12.6.